The molecule has 0 amide bonds. The first-order valence-corrected chi connectivity index (χ1v) is 7.50. The molecule has 0 saturated heterocycles. The SMILES string of the molecule is Cn1ncc2c(NCC3NCCc4ccccc43)ncnc21. The number of benzene rings is 1. The van der Waals surface area contributed by atoms with Gasteiger partial charge in [0.2, 0.25) is 0 Å². The van der Waals surface area contributed by atoms with E-state index in [2.05, 4.69) is 50.0 Å². The van der Waals surface area contributed by atoms with Gasteiger partial charge in [0.15, 0.2) is 5.65 Å². The van der Waals surface area contributed by atoms with Crippen LogP contribution in [0.2, 0.25) is 0 Å². The van der Waals surface area contributed by atoms with Crippen molar-refractivity contribution in [2.75, 3.05) is 18.4 Å². The molecular weight excluding hydrogens is 276 g/mol. The highest BCUT2D eigenvalue weighted by molar-refractivity contribution is 5.85. The van der Waals surface area contributed by atoms with Gasteiger partial charge in [-0.3, -0.25) is 4.68 Å². The maximum Gasteiger partial charge on any atom is 0.163 e. The summed E-state index contributed by atoms with van der Waals surface area (Å²) in [5, 5.41) is 12.2. The Labute approximate surface area is 128 Å². The minimum absolute atomic E-state index is 0.298. The lowest BCUT2D eigenvalue weighted by Crippen LogP contribution is -2.34. The van der Waals surface area contributed by atoms with Gasteiger partial charge in [-0.05, 0) is 24.1 Å². The zero-order valence-electron chi connectivity index (χ0n) is 12.5. The van der Waals surface area contributed by atoms with Gasteiger partial charge in [0.05, 0.1) is 11.6 Å². The Kier molecular flexibility index (Phi) is 3.23. The summed E-state index contributed by atoms with van der Waals surface area (Å²) < 4.78 is 1.76. The molecule has 112 valence electrons. The summed E-state index contributed by atoms with van der Waals surface area (Å²) in [6.45, 7) is 1.80. The lowest BCUT2D eigenvalue weighted by Gasteiger charge is -2.27. The number of nitrogens with zero attached hydrogens (tertiary/aromatic N) is 4. The van der Waals surface area contributed by atoms with Crippen molar-refractivity contribution >= 4 is 16.9 Å². The van der Waals surface area contributed by atoms with E-state index in [0.717, 1.165) is 36.4 Å². The third kappa shape index (κ3) is 2.21. The van der Waals surface area contributed by atoms with Crippen molar-refractivity contribution in [3.63, 3.8) is 0 Å². The Bertz CT molecular complexity index is 809. The first-order valence-electron chi connectivity index (χ1n) is 7.50. The molecule has 0 bridgehead atoms. The topological polar surface area (TPSA) is 67.7 Å². The van der Waals surface area contributed by atoms with Gasteiger partial charge in [-0.2, -0.15) is 5.10 Å². The highest BCUT2D eigenvalue weighted by Crippen LogP contribution is 2.24. The Balaban J connectivity index is 1.58. The molecule has 0 saturated carbocycles. The van der Waals surface area contributed by atoms with Crippen LogP contribution in [0.3, 0.4) is 0 Å². The first kappa shape index (κ1) is 13.2. The normalized spacial score (nSPS) is 17.4. The summed E-state index contributed by atoms with van der Waals surface area (Å²) in [5.41, 5.74) is 3.65. The van der Waals surface area contributed by atoms with Crippen molar-refractivity contribution in [3.05, 3.63) is 47.9 Å². The van der Waals surface area contributed by atoms with Gasteiger partial charge in [0.25, 0.3) is 0 Å². The van der Waals surface area contributed by atoms with Crippen molar-refractivity contribution in [1.29, 1.82) is 0 Å². The molecule has 0 spiro atoms. The molecular formula is C16H18N6. The molecule has 6 heteroatoms. The number of nitrogens with one attached hydrogen (secondary N) is 2. The van der Waals surface area contributed by atoms with Crippen LogP contribution in [0.5, 0.6) is 0 Å². The molecule has 3 heterocycles. The number of hydrogen-bond donors (Lipinski definition) is 2. The second-order valence-corrected chi connectivity index (χ2v) is 5.56. The molecule has 0 radical (unpaired) electrons. The van der Waals surface area contributed by atoms with Crippen LogP contribution in [-0.4, -0.2) is 32.8 Å². The molecule has 22 heavy (non-hydrogen) atoms. The Hall–Kier alpha value is -2.47. The van der Waals surface area contributed by atoms with E-state index in [9.17, 15) is 0 Å². The minimum atomic E-state index is 0.298. The highest BCUT2D eigenvalue weighted by atomic mass is 15.3. The van der Waals surface area contributed by atoms with Gasteiger partial charge in [-0.15, -0.1) is 0 Å². The van der Waals surface area contributed by atoms with E-state index in [-0.39, 0.29) is 0 Å². The van der Waals surface area contributed by atoms with E-state index in [0.29, 0.717) is 6.04 Å². The zero-order chi connectivity index (χ0) is 14.9. The molecule has 1 aliphatic heterocycles. The summed E-state index contributed by atoms with van der Waals surface area (Å²) in [4.78, 5) is 8.62. The van der Waals surface area contributed by atoms with E-state index in [1.165, 1.54) is 11.1 Å². The summed E-state index contributed by atoms with van der Waals surface area (Å²) in [5.74, 6) is 0.836. The third-order valence-electron chi connectivity index (χ3n) is 4.22. The fourth-order valence-electron chi connectivity index (χ4n) is 3.08. The van der Waals surface area contributed by atoms with Gasteiger partial charge in [-0.25, -0.2) is 9.97 Å². The molecule has 1 unspecified atom stereocenters. The molecule has 3 aromatic rings. The smallest absolute Gasteiger partial charge is 0.163 e. The van der Waals surface area contributed by atoms with Crippen LogP contribution < -0.4 is 10.6 Å². The van der Waals surface area contributed by atoms with Gasteiger partial charge in [-0.1, -0.05) is 24.3 Å². The number of hydrogen-bond acceptors (Lipinski definition) is 5. The van der Waals surface area contributed by atoms with Crippen molar-refractivity contribution in [1.82, 2.24) is 25.1 Å². The van der Waals surface area contributed by atoms with Crippen LogP contribution in [0.1, 0.15) is 17.2 Å². The zero-order valence-corrected chi connectivity index (χ0v) is 12.5. The summed E-state index contributed by atoms with van der Waals surface area (Å²) >= 11 is 0. The summed E-state index contributed by atoms with van der Waals surface area (Å²) in [6, 6.07) is 8.92. The van der Waals surface area contributed by atoms with E-state index >= 15 is 0 Å². The van der Waals surface area contributed by atoms with Crippen LogP contribution in [0, 0.1) is 0 Å². The quantitative estimate of drug-likeness (QED) is 0.769. The Morgan fingerprint density at radius 1 is 1.32 bits per heavy atom. The van der Waals surface area contributed by atoms with Crippen LogP contribution in [0.15, 0.2) is 36.8 Å². The minimum Gasteiger partial charge on any atom is -0.367 e. The molecule has 6 nitrogen and oxygen atoms in total. The van der Waals surface area contributed by atoms with Crippen molar-refractivity contribution in [2.24, 2.45) is 7.05 Å². The predicted molar refractivity (Wildman–Crippen MR) is 85.7 cm³/mol. The third-order valence-corrected chi connectivity index (χ3v) is 4.22. The lowest BCUT2D eigenvalue weighted by atomic mass is 9.94. The monoisotopic (exact) mass is 294 g/mol. The van der Waals surface area contributed by atoms with Crippen LogP contribution in [0.4, 0.5) is 5.82 Å². The lowest BCUT2D eigenvalue weighted by molar-refractivity contribution is 0.523. The fraction of sp³-hybridized carbons (Fsp3) is 0.312. The Morgan fingerprint density at radius 3 is 3.18 bits per heavy atom. The number of aromatic nitrogens is 4. The van der Waals surface area contributed by atoms with E-state index in [1.54, 1.807) is 17.2 Å². The van der Waals surface area contributed by atoms with Gasteiger partial charge >= 0.3 is 0 Å². The largest absolute Gasteiger partial charge is 0.367 e. The Morgan fingerprint density at radius 2 is 2.23 bits per heavy atom. The first-order chi connectivity index (χ1) is 10.8. The van der Waals surface area contributed by atoms with Crippen molar-refractivity contribution in [2.45, 2.75) is 12.5 Å². The van der Waals surface area contributed by atoms with E-state index in [1.807, 2.05) is 7.05 Å². The van der Waals surface area contributed by atoms with Crippen molar-refractivity contribution < 1.29 is 0 Å². The summed E-state index contributed by atoms with van der Waals surface area (Å²) in [7, 11) is 1.89. The van der Waals surface area contributed by atoms with Crippen LogP contribution in [0.25, 0.3) is 11.0 Å². The van der Waals surface area contributed by atoms with Gasteiger partial charge in [0.1, 0.15) is 12.1 Å². The number of rotatable bonds is 3. The summed E-state index contributed by atoms with van der Waals surface area (Å²) in [6.07, 6.45) is 4.47. The average molecular weight is 294 g/mol. The molecule has 1 aromatic carbocycles. The number of fused-ring (bicyclic) bond motifs is 2. The molecule has 1 atom stereocenters. The van der Waals surface area contributed by atoms with Crippen molar-refractivity contribution in [3.8, 4) is 0 Å². The van der Waals surface area contributed by atoms with Gasteiger partial charge < -0.3 is 10.6 Å². The second-order valence-electron chi connectivity index (χ2n) is 5.56. The number of anilines is 1. The average Bonchev–Trinajstić information content (AvgIpc) is 2.95. The van der Waals surface area contributed by atoms with Crippen LogP contribution in [-0.2, 0) is 13.5 Å². The number of aryl methyl sites for hydroxylation is 1. The molecule has 0 fully saturated rings. The second kappa shape index (κ2) is 5.38. The molecule has 2 N–H and O–H groups in total. The molecule has 0 aliphatic carbocycles. The van der Waals surface area contributed by atoms with E-state index in [4.69, 9.17) is 0 Å². The highest BCUT2D eigenvalue weighted by Gasteiger charge is 2.19. The standard InChI is InChI=1S/C16H18N6/c1-22-16-13(8-21-22)15(19-10-20-16)18-9-14-12-5-3-2-4-11(12)6-7-17-14/h2-5,8,10,14,17H,6-7,9H2,1H3,(H,18,19,20). The predicted octanol–water partition coefficient (Wildman–Crippen LogP) is 1.66. The molecule has 4 rings (SSSR count). The van der Waals surface area contributed by atoms with Crippen LogP contribution >= 0.6 is 0 Å². The molecule has 2 aromatic heterocycles. The fourth-order valence-corrected chi connectivity index (χ4v) is 3.08. The van der Waals surface area contributed by atoms with E-state index < -0.39 is 0 Å². The maximum absolute atomic E-state index is 4.36. The molecule has 1 aliphatic rings. The maximum atomic E-state index is 4.36. The van der Waals surface area contributed by atoms with Gasteiger partial charge in [0, 0.05) is 19.6 Å².